The van der Waals surface area contributed by atoms with Crippen LogP contribution in [0.4, 0.5) is 5.82 Å². The number of carboxylic acids is 1. The van der Waals surface area contributed by atoms with Gasteiger partial charge < -0.3 is 10.0 Å². The first kappa shape index (κ1) is 12.3. The van der Waals surface area contributed by atoms with Crippen molar-refractivity contribution < 1.29 is 9.90 Å². The van der Waals surface area contributed by atoms with Crippen LogP contribution in [0.2, 0.25) is 0 Å². The van der Waals surface area contributed by atoms with E-state index in [9.17, 15) is 9.90 Å². The average Bonchev–Trinajstić information content (AvgIpc) is 2.76. The van der Waals surface area contributed by atoms with E-state index in [0.29, 0.717) is 11.9 Å². The smallest absolute Gasteiger partial charge is 0.358 e. The molecule has 0 aliphatic carbocycles. The van der Waals surface area contributed by atoms with E-state index in [1.54, 1.807) is 6.20 Å². The molecule has 0 amide bonds. The molecule has 3 heterocycles. The summed E-state index contributed by atoms with van der Waals surface area (Å²) >= 11 is 0. The third-order valence-corrected chi connectivity index (χ3v) is 3.98. The van der Waals surface area contributed by atoms with Gasteiger partial charge in [0.15, 0.2) is 11.5 Å². The minimum absolute atomic E-state index is 0.0638. The molecule has 3 rings (SSSR count). The largest absolute Gasteiger partial charge is 0.476 e. The molecule has 1 aromatic rings. The lowest BCUT2D eigenvalue weighted by Crippen LogP contribution is -2.37. The van der Waals surface area contributed by atoms with Crippen molar-refractivity contribution in [3.63, 3.8) is 0 Å². The van der Waals surface area contributed by atoms with Crippen molar-refractivity contribution in [2.24, 2.45) is 0 Å². The molecule has 0 radical (unpaired) electrons. The molecule has 2 aliphatic heterocycles. The number of rotatable bonds is 2. The van der Waals surface area contributed by atoms with Gasteiger partial charge in [-0.15, -0.1) is 0 Å². The first-order chi connectivity index (χ1) is 9.25. The highest BCUT2D eigenvalue weighted by molar-refractivity contribution is 5.90. The van der Waals surface area contributed by atoms with E-state index in [4.69, 9.17) is 0 Å². The van der Waals surface area contributed by atoms with Crippen molar-refractivity contribution in [2.75, 3.05) is 31.1 Å². The van der Waals surface area contributed by atoms with E-state index in [1.807, 2.05) is 0 Å². The molecular formula is C13H18N4O2. The lowest BCUT2D eigenvalue weighted by Gasteiger charge is -2.26. The van der Waals surface area contributed by atoms with Gasteiger partial charge in [-0.25, -0.2) is 14.8 Å². The van der Waals surface area contributed by atoms with Gasteiger partial charge in [0.05, 0.1) is 0 Å². The number of aromatic carboxylic acids is 1. The molecule has 1 aromatic heterocycles. The lowest BCUT2D eigenvalue weighted by molar-refractivity contribution is 0.0690. The van der Waals surface area contributed by atoms with Crippen molar-refractivity contribution in [3.8, 4) is 0 Å². The molecule has 0 bridgehead atoms. The highest BCUT2D eigenvalue weighted by Crippen LogP contribution is 2.25. The number of nitrogens with zero attached hydrogens (tertiary/aromatic N) is 4. The predicted octanol–water partition coefficient (Wildman–Crippen LogP) is 0.849. The number of hydrogen-bond donors (Lipinski definition) is 1. The topological polar surface area (TPSA) is 69.6 Å². The molecule has 1 N–H and O–H groups in total. The van der Waals surface area contributed by atoms with Crippen molar-refractivity contribution in [3.05, 3.63) is 18.1 Å². The first-order valence-corrected chi connectivity index (χ1v) is 6.79. The molecule has 102 valence electrons. The number of fused-ring (bicyclic) bond motifs is 1. The molecule has 0 saturated carbocycles. The van der Waals surface area contributed by atoms with Gasteiger partial charge in [0, 0.05) is 38.1 Å². The van der Waals surface area contributed by atoms with Crippen LogP contribution in [-0.2, 0) is 0 Å². The number of hydrogen-bond acceptors (Lipinski definition) is 5. The van der Waals surface area contributed by atoms with Gasteiger partial charge in [0.2, 0.25) is 0 Å². The maximum Gasteiger partial charge on any atom is 0.358 e. The Morgan fingerprint density at radius 2 is 2.00 bits per heavy atom. The minimum Gasteiger partial charge on any atom is -0.476 e. The van der Waals surface area contributed by atoms with E-state index in [0.717, 1.165) is 26.1 Å². The van der Waals surface area contributed by atoms with Gasteiger partial charge in [-0.2, -0.15) is 0 Å². The van der Waals surface area contributed by atoms with Crippen molar-refractivity contribution >= 4 is 11.8 Å². The second kappa shape index (κ2) is 5.13. The first-order valence-electron chi connectivity index (χ1n) is 6.79. The Kier molecular flexibility index (Phi) is 3.33. The van der Waals surface area contributed by atoms with Crippen LogP contribution in [0, 0.1) is 0 Å². The molecule has 19 heavy (non-hydrogen) atoms. The molecule has 2 aliphatic rings. The van der Waals surface area contributed by atoms with Crippen LogP contribution in [0.1, 0.15) is 29.8 Å². The van der Waals surface area contributed by atoms with E-state index in [1.165, 1.54) is 25.6 Å². The van der Waals surface area contributed by atoms with E-state index in [-0.39, 0.29) is 5.69 Å². The molecular weight excluding hydrogens is 244 g/mol. The zero-order chi connectivity index (χ0) is 13.2. The molecule has 1 atom stereocenters. The van der Waals surface area contributed by atoms with Gasteiger partial charge in [-0.05, 0) is 25.8 Å². The van der Waals surface area contributed by atoms with Gasteiger partial charge in [-0.3, -0.25) is 4.90 Å². The zero-order valence-electron chi connectivity index (χ0n) is 10.8. The lowest BCUT2D eigenvalue weighted by atomic mass is 10.2. The molecule has 6 heteroatoms. The molecule has 0 aromatic carbocycles. The molecule has 0 spiro atoms. The Morgan fingerprint density at radius 1 is 1.21 bits per heavy atom. The Morgan fingerprint density at radius 3 is 2.84 bits per heavy atom. The fourth-order valence-corrected chi connectivity index (χ4v) is 3.11. The van der Waals surface area contributed by atoms with E-state index >= 15 is 0 Å². The Bertz CT molecular complexity index is 479. The van der Waals surface area contributed by atoms with Crippen LogP contribution in [0.5, 0.6) is 0 Å². The Hall–Kier alpha value is -1.69. The van der Waals surface area contributed by atoms with Gasteiger partial charge in [0.1, 0.15) is 0 Å². The Balaban J connectivity index is 1.87. The third kappa shape index (κ3) is 2.40. The molecule has 2 saturated heterocycles. The van der Waals surface area contributed by atoms with Crippen molar-refractivity contribution in [1.29, 1.82) is 0 Å². The van der Waals surface area contributed by atoms with Crippen LogP contribution >= 0.6 is 0 Å². The zero-order valence-corrected chi connectivity index (χ0v) is 10.8. The normalized spacial score (nSPS) is 24.0. The molecule has 2 fully saturated rings. The van der Waals surface area contributed by atoms with Crippen molar-refractivity contribution in [1.82, 2.24) is 14.9 Å². The highest BCUT2D eigenvalue weighted by Gasteiger charge is 2.30. The van der Waals surface area contributed by atoms with Gasteiger partial charge >= 0.3 is 5.97 Å². The Labute approximate surface area is 112 Å². The van der Waals surface area contributed by atoms with E-state index in [2.05, 4.69) is 19.8 Å². The monoisotopic (exact) mass is 262 g/mol. The van der Waals surface area contributed by atoms with Crippen molar-refractivity contribution in [2.45, 2.75) is 25.3 Å². The van der Waals surface area contributed by atoms with Gasteiger partial charge in [0.25, 0.3) is 0 Å². The summed E-state index contributed by atoms with van der Waals surface area (Å²) in [6, 6.07) is 0.533. The fourth-order valence-electron chi connectivity index (χ4n) is 3.11. The average molecular weight is 262 g/mol. The van der Waals surface area contributed by atoms with E-state index < -0.39 is 5.97 Å². The minimum atomic E-state index is -1.00. The standard InChI is InChI=1S/C13H18N4O2/c18-13(19)11-12(15-5-4-14-11)17-8-2-7-16-6-1-3-10(16)9-17/h4-5,10H,1-3,6-9H2,(H,18,19). The van der Waals surface area contributed by atoms with Gasteiger partial charge in [-0.1, -0.05) is 0 Å². The maximum absolute atomic E-state index is 11.2. The number of carbonyl (C=O) groups is 1. The summed E-state index contributed by atoms with van der Waals surface area (Å²) in [6.45, 7) is 3.99. The summed E-state index contributed by atoms with van der Waals surface area (Å²) in [5.41, 5.74) is 0.0638. The highest BCUT2D eigenvalue weighted by atomic mass is 16.4. The van der Waals surface area contributed by atoms with Crippen LogP contribution in [0.3, 0.4) is 0 Å². The summed E-state index contributed by atoms with van der Waals surface area (Å²) in [7, 11) is 0. The maximum atomic E-state index is 11.2. The number of aromatic nitrogens is 2. The molecule has 6 nitrogen and oxygen atoms in total. The fraction of sp³-hybridized carbons (Fsp3) is 0.615. The number of anilines is 1. The third-order valence-electron chi connectivity index (χ3n) is 3.98. The number of carboxylic acid groups (broad SMARTS) is 1. The van der Waals surface area contributed by atoms with Crippen LogP contribution < -0.4 is 4.90 Å². The summed E-state index contributed by atoms with van der Waals surface area (Å²) in [5.74, 6) is -0.487. The van der Waals surface area contributed by atoms with Crippen LogP contribution in [0.15, 0.2) is 12.4 Å². The summed E-state index contributed by atoms with van der Waals surface area (Å²) < 4.78 is 0. The van der Waals surface area contributed by atoms with Crippen LogP contribution in [0.25, 0.3) is 0 Å². The quantitative estimate of drug-likeness (QED) is 0.852. The SMILES string of the molecule is O=C(O)c1nccnc1N1CCCN2CCCC2C1. The summed E-state index contributed by atoms with van der Waals surface area (Å²) in [6.07, 6.45) is 6.49. The second-order valence-electron chi connectivity index (χ2n) is 5.17. The molecule has 1 unspecified atom stereocenters. The predicted molar refractivity (Wildman–Crippen MR) is 70.4 cm³/mol. The summed E-state index contributed by atoms with van der Waals surface area (Å²) in [4.78, 5) is 24.0. The summed E-state index contributed by atoms with van der Waals surface area (Å²) in [5, 5.41) is 9.21. The second-order valence-corrected chi connectivity index (χ2v) is 5.17. The van der Waals surface area contributed by atoms with Crippen LogP contribution in [-0.4, -0.2) is 58.2 Å².